The summed E-state index contributed by atoms with van der Waals surface area (Å²) in [6, 6.07) is 7.27. The third-order valence-electron chi connectivity index (χ3n) is 7.96. The number of ether oxygens (including phenoxy) is 1. The normalized spacial score (nSPS) is 19.3. The standard InChI is InChI=1S/C32H51N5O2/c1-9-24(6)32(37-18-12-13-29(37)21-25(7)38)34-26(8)33-30-15-14-28(22-31(30)39-23(4)5)36-19-16-27(17-20-36)35(10-2)11-3/h9,14-15,22-23,27,29,33H,8,10-13,16-21H2,1-7H3/b24-9-,34-32+/t29-/m0/s1. The van der Waals surface area contributed by atoms with E-state index in [2.05, 4.69) is 85.5 Å². The van der Waals surface area contributed by atoms with E-state index in [4.69, 9.17) is 9.73 Å². The highest BCUT2D eigenvalue weighted by Crippen LogP contribution is 2.34. The molecule has 1 aromatic carbocycles. The minimum atomic E-state index is 0.0451. The van der Waals surface area contributed by atoms with Crippen molar-refractivity contribution in [2.45, 2.75) is 98.8 Å². The molecule has 0 aromatic heterocycles. The Morgan fingerprint density at radius 3 is 2.46 bits per heavy atom. The molecule has 0 aliphatic carbocycles. The minimum Gasteiger partial charge on any atom is -0.489 e. The molecule has 1 aromatic rings. The number of amidine groups is 1. The lowest BCUT2D eigenvalue weighted by molar-refractivity contribution is -0.117. The van der Waals surface area contributed by atoms with Crippen LogP contribution in [0.2, 0.25) is 0 Å². The Morgan fingerprint density at radius 1 is 1.18 bits per heavy atom. The van der Waals surface area contributed by atoms with Gasteiger partial charge in [-0.3, -0.25) is 4.79 Å². The fraction of sp³-hybridized carbons (Fsp3) is 0.625. The number of nitrogens with zero attached hydrogens (tertiary/aromatic N) is 4. The van der Waals surface area contributed by atoms with Crippen molar-refractivity contribution < 1.29 is 9.53 Å². The number of allylic oxidation sites excluding steroid dienone is 1. The van der Waals surface area contributed by atoms with E-state index in [0.717, 1.165) is 68.4 Å². The topological polar surface area (TPSA) is 60.4 Å². The van der Waals surface area contributed by atoms with Gasteiger partial charge in [0.1, 0.15) is 23.2 Å². The van der Waals surface area contributed by atoms with Crippen molar-refractivity contribution in [2.75, 3.05) is 42.9 Å². The second-order valence-electron chi connectivity index (χ2n) is 11.2. The van der Waals surface area contributed by atoms with Gasteiger partial charge < -0.3 is 24.8 Å². The highest BCUT2D eigenvalue weighted by molar-refractivity contribution is 5.99. The van der Waals surface area contributed by atoms with E-state index in [1.54, 1.807) is 6.92 Å². The van der Waals surface area contributed by atoms with Crippen molar-refractivity contribution in [1.29, 1.82) is 0 Å². The highest BCUT2D eigenvalue weighted by atomic mass is 16.5. The van der Waals surface area contributed by atoms with E-state index >= 15 is 0 Å². The van der Waals surface area contributed by atoms with Gasteiger partial charge in [0, 0.05) is 49.9 Å². The number of piperidine rings is 1. The fourth-order valence-electron chi connectivity index (χ4n) is 5.87. The molecular weight excluding hydrogens is 486 g/mol. The van der Waals surface area contributed by atoms with Crippen molar-refractivity contribution in [3.05, 3.63) is 42.2 Å². The van der Waals surface area contributed by atoms with Crippen LogP contribution in [0.25, 0.3) is 0 Å². The third kappa shape index (κ3) is 8.34. The van der Waals surface area contributed by atoms with Crippen molar-refractivity contribution in [3.63, 3.8) is 0 Å². The first-order chi connectivity index (χ1) is 18.7. The quantitative estimate of drug-likeness (QED) is 0.243. The van der Waals surface area contributed by atoms with Crippen LogP contribution in [-0.2, 0) is 4.79 Å². The van der Waals surface area contributed by atoms with Crippen LogP contribution in [0.1, 0.15) is 80.6 Å². The van der Waals surface area contributed by atoms with Gasteiger partial charge in [-0.1, -0.05) is 26.5 Å². The van der Waals surface area contributed by atoms with E-state index in [-0.39, 0.29) is 17.9 Å². The van der Waals surface area contributed by atoms with Crippen molar-refractivity contribution in [3.8, 4) is 5.75 Å². The molecule has 2 fully saturated rings. The number of rotatable bonds is 12. The van der Waals surface area contributed by atoms with Gasteiger partial charge >= 0.3 is 0 Å². The van der Waals surface area contributed by atoms with Crippen LogP contribution in [0, 0.1) is 0 Å². The Balaban J connectivity index is 1.79. The lowest BCUT2D eigenvalue weighted by Crippen LogP contribution is -2.44. The molecule has 2 saturated heterocycles. The van der Waals surface area contributed by atoms with Crippen molar-refractivity contribution >= 4 is 23.0 Å². The number of nitrogens with one attached hydrogen (secondary N) is 1. The summed E-state index contributed by atoms with van der Waals surface area (Å²) in [5, 5.41) is 3.42. The molecule has 1 N–H and O–H groups in total. The second-order valence-corrected chi connectivity index (χ2v) is 11.2. The molecule has 7 nitrogen and oxygen atoms in total. The van der Waals surface area contributed by atoms with Gasteiger partial charge in [-0.25, -0.2) is 4.99 Å². The molecule has 3 rings (SSSR count). The van der Waals surface area contributed by atoms with Gasteiger partial charge in [0.15, 0.2) is 0 Å². The number of carbonyl (C=O) groups is 1. The first-order valence-corrected chi connectivity index (χ1v) is 14.9. The van der Waals surface area contributed by atoms with E-state index < -0.39 is 0 Å². The zero-order valence-corrected chi connectivity index (χ0v) is 25.4. The number of carbonyl (C=O) groups excluding carboxylic acids is 1. The summed E-state index contributed by atoms with van der Waals surface area (Å²) in [6.45, 7) is 23.9. The van der Waals surface area contributed by atoms with E-state index in [1.165, 1.54) is 18.5 Å². The Labute approximate surface area is 237 Å². The largest absolute Gasteiger partial charge is 0.489 e. The lowest BCUT2D eigenvalue weighted by Gasteiger charge is -2.39. The van der Waals surface area contributed by atoms with Crippen LogP contribution < -0.4 is 15.0 Å². The van der Waals surface area contributed by atoms with Gasteiger partial charge in [0.25, 0.3) is 0 Å². The molecule has 0 spiro atoms. The van der Waals surface area contributed by atoms with Gasteiger partial charge in [0.2, 0.25) is 0 Å². The lowest BCUT2D eigenvalue weighted by atomic mass is 10.0. The predicted octanol–water partition coefficient (Wildman–Crippen LogP) is 6.48. The molecule has 2 aliphatic rings. The number of anilines is 2. The number of hydrogen-bond donors (Lipinski definition) is 1. The SMILES string of the molecule is C=C(/N=C(\C(C)=C/C)N1CCC[C@H]1CC(C)=O)Nc1ccc(N2CCC(N(CC)CC)CC2)cc1OC(C)C. The molecule has 7 heteroatoms. The molecule has 2 aliphatic heterocycles. The molecule has 39 heavy (non-hydrogen) atoms. The number of benzene rings is 1. The van der Waals surface area contributed by atoms with Crippen LogP contribution in [0.3, 0.4) is 0 Å². The Kier molecular flexibility index (Phi) is 11.5. The Bertz CT molecular complexity index is 1030. The smallest absolute Gasteiger partial charge is 0.145 e. The second kappa shape index (κ2) is 14.5. The summed E-state index contributed by atoms with van der Waals surface area (Å²) < 4.78 is 6.26. The van der Waals surface area contributed by atoms with E-state index in [0.29, 0.717) is 18.3 Å². The zero-order chi connectivity index (χ0) is 28.5. The van der Waals surface area contributed by atoms with Gasteiger partial charge in [-0.2, -0.15) is 0 Å². The molecule has 1 atom stereocenters. The molecule has 2 heterocycles. The maximum absolute atomic E-state index is 11.9. The summed E-state index contributed by atoms with van der Waals surface area (Å²) in [5.74, 6) is 2.47. The Hall–Kier alpha value is -2.80. The Morgan fingerprint density at radius 2 is 1.87 bits per heavy atom. The average molecular weight is 538 g/mol. The van der Waals surface area contributed by atoms with Crippen LogP contribution in [0.5, 0.6) is 5.75 Å². The van der Waals surface area contributed by atoms with Crippen LogP contribution >= 0.6 is 0 Å². The summed E-state index contributed by atoms with van der Waals surface area (Å²) in [5.41, 5.74) is 3.13. The van der Waals surface area contributed by atoms with Crippen molar-refractivity contribution in [2.24, 2.45) is 4.99 Å². The first-order valence-electron chi connectivity index (χ1n) is 14.9. The summed E-state index contributed by atoms with van der Waals surface area (Å²) in [6.07, 6.45) is 7.10. The first kappa shape index (κ1) is 30.7. The number of aliphatic imine (C=N–C) groups is 1. The summed E-state index contributed by atoms with van der Waals surface area (Å²) in [7, 11) is 0. The summed E-state index contributed by atoms with van der Waals surface area (Å²) >= 11 is 0. The number of hydrogen-bond acceptors (Lipinski definition) is 6. The van der Waals surface area contributed by atoms with E-state index in [9.17, 15) is 4.79 Å². The maximum Gasteiger partial charge on any atom is 0.145 e. The monoisotopic (exact) mass is 537 g/mol. The third-order valence-corrected chi connectivity index (χ3v) is 7.96. The molecule has 0 saturated carbocycles. The van der Waals surface area contributed by atoms with Gasteiger partial charge in [-0.05, 0) is 91.1 Å². The zero-order valence-electron chi connectivity index (χ0n) is 25.4. The molecule has 0 radical (unpaired) electrons. The van der Waals surface area contributed by atoms with Crippen LogP contribution in [-0.4, -0.2) is 72.3 Å². The fourth-order valence-corrected chi connectivity index (χ4v) is 5.87. The van der Waals surface area contributed by atoms with Crippen molar-refractivity contribution in [1.82, 2.24) is 9.80 Å². The highest BCUT2D eigenvalue weighted by Gasteiger charge is 2.29. The number of ketones is 1. The average Bonchev–Trinajstić information content (AvgIpc) is 3.35. The molecule has 216 valence electrons. The molecule has 0 amide bonds. The number of Topliss-reactive ketones (excluding diaryl/α,β-unsaturated/α-hetero) is 1. The van der Waals surface area contributed by atoms with Crippen LogP contribution in [0.4, 0.5) is 11.4 Å². The van der Waals surface area contributed by atoms with Gasteiger partial charge in [-0.15, -0.1) is 0 Å². The van der Waals surface area contributed by atoms with Gasteiger partial charge in [0.05, 0.1) is 11.8 Å². The maximum atomic E-state index is 11.9. The predicted molar refractivity (Wildman–Crippen MR) is 165 cm³/mol. The number of likely N-dealkylation sites (tertiary alicyclic amines) is 1. The minimum absolute atomic E-state index is 0.0451. The van der Waals surface area contributed by atoms with Crippen LogP contribution in [0.15, 0.2) is 47.2 Å². The van der Waals surface area contributed by atoms with E-state index in [1.807, 2.05) is 6.92 Å². The molecule has 0 unspecified atom stereocenters. The molecule has 0 bridgehead atoms. The molecular formula is C32H51N5O2. The summed E-state index contributed by atoms with van der Waals surface area (Å²) in [4.78, 5) is 24.2.